The average Bonchev–Trinajstić information content (AvgIpc) is 2.55. The minimum Gasteiger partial charge on any atom is -0.379 e. The molecule has 0 atom stereocenters. The number of nitrogens with one attached hydrogen (secondary N) is 1. The van der Waals surface area contributed by atoms with E-state index in [4.69, 9.17) is 4.74 Å². The monoisotopic (exact) mass is 306 g/mol. The zero-order valence-corrected chi connectivity index (χ0v) is 12.8. The number of carbonyl (C=O) groups is 1. The lowest BCUT2D eigenvalue weighted by atomic mass is 10.2. The van der Waals surface area contributed by atoms with E-state index in [9.17, 15) is 9.18 Å². The van der Waals surface area contributed by atoms with E-state index in [1.807, 2.05) is 0 Å². The molecule has 0 aliphatic carbocycles. The van der Waals surface area contributed by atoms with Crippen molar-refractivity contribution in [2.45, 2.75) is 12.8 Å². The van der Waals surface area contributed by atoms with Crippen LogP contribution in [0, 0.1) is 5.82 Å². The van der Waals surface area contributed by atoms with E-state index in [1.165, 1.54) is 18.2 Å². The lowest BCUT2D eigenvalue weighted by Crippen LogP contribution is -2.37. The van der Waals surface area contributed by atoms with Crippen molar-refractivity contribution in [1.82, 2.24) is 10.2 Å². The largest absolute Gasteiger partial charge is 0.379 e. The van der Waals surface area contributed by atoms with Crippen molar-refractivity contribution in [3.05, 3.63) is 41.7 Å². The molecule has 120 valence electrons. The molecule has 1 amide bonds. The van der Waals surface area contributed by atoms with E-state index < -0.39 is 0 Å². The molecule has 0 bridgehead atoms. The quantitative estimate of drug-likeness (QED) is 0.619. The van der Waals surface area contributed by atoms with Gasteiger partial charge in [-0.3, -0.25) is 9.69 Å². The van der Waals surface area contributed by atoms with Gasteiger partial charge >= 0.3 is 0 Å². The highest BCUT2D eigenvalue weighted by molar-refractivity contribution is 5.91. The van der Waals surface area contributed by atoms with Crippen LogP contribution in [0.15, 0.2) is 30.3 Å². The zero-order chi connectivity index (χ0) is 15.6. The fourth-order valence-corrected chi connectivity index (χ4v) is 2.33. The van der Waals surface area contributed by atoms with Gasteiger partial charge in [-0.2, -0.15) is 0 Å². The first kappa shape index (κ1) is 16.6. The fraction of sp³-hybridized carbons (Fsp3) is 0.471. The van der Waals surface area contributed by atoms with E-state index >= 15 is 0 Å². The number of ether oxygens (including phenoxy) is 1. The smallest absolute Gasteiger partial charge is 0.244 e. The standard InChI is InChI=1S/C17H23FN2O2/c18-16-6-2-1-5-15(16)7-8-17(21)19-9-3-4-10-20-11-13-22-14-12-20/h1-2,5-8H,3-4,9-14H2,(H,19,21). The lowest BCUT2D eigenvalue weighted by molar-refractivity contribution is -0.116. The van der Waals surface area contributed by atoms with E-state index in [0.29, 0.717) is 12.1 Å². The molecule has 1 fully saturated rings. The minimum absolute atomic E-state index is 0.186. The Morgan fingerprint density at radius 2 is 2.05 bits per heavy atom. The second-order valence-corrected chi connectivity index (χ2v) is 5.31. The molecular weight excluding hydrogens is 283 g/mol. The summed E-state index contributed by atoms with van der Waals surface area (Å²) >= 11 is 0. The molecule has 0 unspecified atom stereocenters. The number of unbranched alkanes of at least 4 members (excludes halogenated alkanes) is 1. The van der Waals surface area contributed by atoms with Gasteiger partial charge < -0.3 is 10.1 Å². The van der Waals surface area contributed by atoms with Crippen LogP contribution in [0.25, 0.3) is 6.08 Å². The molecule has 0 aromatic heterocycles. The number of amides is 1. The van der Waals surface area contributed by atoms with Gasteiger partial charge in [-0.25, -0.2) is 4.39 Å². The van der Waals surface area contributed by atoms with Gasteiger partial charge in [0.25, 0.3) is 0 Å². The van der Waals surface area contributed by atoms with Crippen LogP contribution in [0.1, 0.15) is 18.4 Å². The Labute approximate surface area is 131 Å². The van der Waals surface area contributed by atoms with Crippen LogP contribution >= 0.6 is 0 Å². The molecule has 0 saturated carbocycles. The summed E-state index contributed by atoms with van der Waals surface area (Å²) in [6.45, 7) is 5.32. The van der Waals surface area contributed by atoms with Gasteiger partial charge in [-0.1, -0.05) is 18.2 Å². The van der Waals surface area contributed by atoms with Crippen LogP contribution in [-0.4, -0.2) is 50.2 Å². The maximum absolute atomic E-state index is 13.4. The third kappa shape index (κ3) is 5.95. The van der Waals surface area contributed by atoms with E-state index in [-0.39, 0.29) is 11.7 Å². The summed E-state index contributed by atoms with van der Waals surface area (Å²) in [6.07, 6.45) is 4.87. The van der Waals surface area contributed by atoms with Crippen molar-refractivity contribution in [3.63, 3.8) is 0 Å². The first-order valence-corrected chi connectivity index (χ1v) is 7.76. The summed E-state index contributed by atoms with van der Waals surface area (Å²) in [5.41, 5.74) is 0.421. The summed E-state index contributed by atoms with van der Waals surface area (Å²) in [5, 5.41) is 2.82. The molecule has 1 heterocycles. The Balaban J connectivity index is 1.58. The number of nitrogens with zero attached hydrogens (tertiary/aromatic N) is 1. The van der Waals surface area contributed by atoms with Crippen LogP contribution in [0.3, 0.4) is 0 Å². The van der Waals surface area contributed by atoms with Gasteiger partial charge in [-0.15, -0.1) is 0 Å². The van der Waals surface area contributed by atoms with Crippen molar-refractivity contribution < 1.29 is 13.9 Å². The van der Waals surface area contributed by atoms with Crippen LogP contribution in [0.5, 0.6) is 0 Å². The second-order valence-electron chi connectivity index (χ2n) is 5.31. The van der Waals surface area contributed by atoms with E-state index in [0.717, 1.165) is 45.7 Å². The SMILES string of the molecule is O=C(C=Cc1ccccc1F)NCCCCN1CCOCC1. The number of hydrogen-bond acceptors (Lipinski definition) is 3. The molecule has 22 heavy (non-hydrogen) atoms. The van der Waals surface area contributed by atoms with E-state index in [1.54, 1.807) is 18.2 Å². The van der Waals surface area contributed by atoms with Crippen LogP contribution < -0.4 is 5.32 Å². The first-order chi connectivity index (χ1) is 10.8. The third-order valence-electron chi connectivity index (χ3n) is 3.62. The van der Waals surface area contributed by atoms with Crippen molar-refractivity contribution in [3.8, 4) is 0 Å². The van der Waals surface area contributed by atoms with Crippen LogP contribution in [-0.2, 0) is 9.53 Å². The molecule has 0 radical (unpaired) electrons. The number of benzene rings is 1. The molecule has 1 aromatic carbocycles. The number of carbonyl (C=O) groups excluding carboxylic acids is 1. The maximum Gasteiger partial charge on any atom is 0.244 e. The Hall–Kier alpha value is -1.72. The highest BCUT2D eigenvalue weighted by Crippen LogP contribution is 2.07. The molecule has 2 rings (SSSR count). The summed E-state index contributed by atoms with van der Waals surface area (Å²) in [7, 11) is 0. The van der Waals surface area contributed by atoms with Crippen molar-refractivity contribution >= 4 is 12.0 Å². The normalized spacial score (nSPS) is 16.0. The number of rotatable bonds is 7. The Morgan fingerprint density at radius 1 is 1.27 bits per heavy atom. The van der Waals surface area contributed by atoms with Crippen molar-refractivity contribution in [1.29, 1.82) is 0 Å². The lowest BCUT2D eigenvalue weighted by Gasteiger charge is -2.26. The van der Waals surface area contributed by atoms with E-state index in [2.05, 4.69) is 10.2 Å². The van der Waals surface area contributed by atoms with Crippen LogP contribution in [0.2, 0.25) is 0 Å². The van der Waals surface area contributed by atoms with Gasteiger partial charge in [0.05, 0.1) is 13.2 Å². The third-order valence-corrected chi connectivity index (χ3v) is 3.62. The van der Waals surface area contributed by atoms with Crippen molar-refractivity contribution in [2.24, 2.45) is 0 Å². The van der Waals surface area contributed by atoms with Crippen LogP contribution in [0.4, 0.5) is 4.39 Å². The molecule has 4 nitrogen and oxygen atoms in total. The zero-order valence-electron chi connectivity index (χ0n) is 12.8. The molecule has 1 N–H and O–H groups in total. The van der Waals surface area contributed by atoms with Gasteiger partial charge in [-0.05, 0) is 31.5 Å². The number of hydrogen-bond donors (Lipinski definition) is 1. The Kier molecular flexibility index (Phi) is 7.06. The van der Waals surface area contributed by atoms with Gasteiger partial charge in [0.15, 0.2) is 0 Å². The highest BCUT2D eigenvalue weighted by Gasteiger charge is 2.08. The molecular formula is C17H23FN2O2. The van der Waals surface area contributed by atoms with Gasteiger partial charge in [0.2, 0.25) is 5.91 Å². The Morgan fingerprint density at radius 3 is 2.82 bits per heavy atom. The topological polar surface area (TPSA) is 41.6 Å². The minimum atomic E-state index is -0.322. The molecule has 1 aliphatic heterocycles. The predicted octanol–water partition coefficient (Wildman–Crippen LogP) is 2.07. The molecule has 1 aromatic rings. The first-order valence-electron chi connectivity index (χ1n) is 7.76. The summed E-state index contributed by atoms with van der Waals surface area (Å²) in [5.74, 6) is -0.508. The average molecular weight is 306 g/mol. The molecule has 1 aliphatic rings. The maximum atomic E-state index is 13.4. The Bertz CT molecular complexity index is 499. The van der Waals surface area contributed by atoms with Crippen molar-refractivity contribution in [2.75, 3.05) is 39.4 Å². The number of halogens is 1. The second kappa shape index (κ2) is 9.33. The summed E-state index contributed by atoms with van der Waals surface area (Å²) < 4.78 is 18.7. The fourth-order valence-electron chi connectivity index (χ4n) is 2.33. The molecule has 5 heteroatoms. The summed E-state index contributed by atoms with van der Waals surface area (Å²) in [6, 6.07) is 6.39. The number of morpholine rings is 1. The van der Waals surface area contributed by atoms with Gasteiger partial charge in [0.1, 0.15) is 5.82 Å². The van der Waals surface area contributed by atoms with Gasteiger partial charge in [0, 0.05) is 31.3 Å². The molecule has 0 spiro atoms. The highest BCUT2D eigenvalue weighted by atomic mass is 19.1. The summed E-state index contributed by atoms with van der Waals surface area (Å²) in [4.78, 5) is 14.0. The molecule has 1 saturated heterocycles. The predicted molar refractivity (Wildman–Crippen MR) is 84.9 cm³/mol.